The molecule has 0 radical (unpaired) electrons. The Hall–Kier alpha value is -1.99. The van der Waals surface area contributed by atoms with Gasteiger partial charge >= 0.3 is 0 Å². The van der Waals surface area contributed by atoms with E-state index < -0.39 is 0 Å². The Balaban J connectivity index is 1.45. The lowest BCUT2D eigenvalue weighted by molar-refractivity contribution is -0.123. The number of aryl methyl sites for hydroxylation is 1. The number of amides is 1. The van der Waals surface area contributed by atoms with Crippen molar-refractivity contribution in [3.05, 3.63) is 40.5 Å². The van der Waals surface area contributed by atoms with Crippen LogP contribution >= 0.6 is 11.3 Å². The molecule has 0 aliphatic carbocycles. The number of carbonyl (C=O) groups is 1. The number of carbonyl (C=O) groups excluding carboxylic acids is 1. The van der Waals surface area contributed by atoms with Gasteiger partial charge in [0.25, 0.3) is 0 Å². The minimum absolute atomic E-state index is 0.0442. The second-order valence-electron chi connectivity index (χ2n) is 6.03. The summed E-state index contributed by atoms with van der Waals surface area (Å²) in [5.41, 5.74) is 0.936. The van der Waals surface area contributed by atoms with Gasteiger partial charge in [-0.25, -0.2) is 9.97 Å². The molecule has 1 fully saturated rings. The topological polar surface area (TPSA) is 61.4 Å². The first-order valence-electron chi connectivity index (χ1n) is 8.21. The Morgan fingerprint density at radius 1 is 1.33 bits per heavy atom. The van der Waals surface area contributed by atoms with Crippen LogP contribution in [0.4, 0.5) is 5.82 Å². The smallest absolute Gasteiger partial charge is 0.234 e. The molecule has 2 aromatic rings. The Bertz CT molecular complexity index is 667. The number of aromatic nitrogens is 2. The zero-order valence-corrected chi connectivity index (χ0v) is 14.9. The van der Waals surface area contributed by atoms with Crippen molar-refractivity contribution in [2.45, 2.75) is 19.9 Å². The molecule has 0 saturated carbocycles. The van der Waals surface area contributed by atoms with Gasteiger partial charge in [0.1, 0.15) is 5.82 Å². The van der Waals surface area contributed by atoms with Crippen LogP contribution in [0.15, 0.2) is 29.8 Å². The third-order valence-corrected chi connectivity index (χ3v) is 4.96. The summed E-state index contributed by atoms with van der Waals surface area (Å²) in [4.78, 5) is 25.5. The van der Waals surface area contributed by atoms with Gasteiger partial charge in [0.2, 0.25) is 5.91 Å². The summed E-state index contributed by atoms with van der Waals surface area (Å²) >= 11 is 1.61. The summed E-state index contributed by atoms with van der Waals surface area (Å²) in [6.45, 7) is 7.91. The summed E-state index contributed by atoms with van der Waals surface area (Å²) in [6, 6.07) is 5.91. The van der Waals surface area contributed by atoms with Gasteiger partial charge in [0.05, 0.1) is 23.3 Å². The van der Waals surface area contributed by atoms with E-state index in [9.17, 15) is 4.79 Å². The van der Waals surface area contributed by atoms with Gasteiger partial charge in [-0.3, -0.25) is 9.69 Å². The molecule has 1 atom stereocenters. The van der Waals surface area contributed by atoms with Crippen molar-refractivity contribution < 1.29 is 4.79 Å². The first-order chi connectivity index (χ1) is 11.6. The second kappa shape index (κ2) is 7.72. The second-order valence-corrected chi connectivity index (χ2v) is 7.09. The fraction of sp³-hybridized carbons (Fsp3) is 0.471. The minimum Gasteiger partial charge on any atom is -0.354 e. The molecule has 1 saturated heterocycles. The van der Waals surface area contributed by atoms with E-state index >= 15 is 0 Å². The van der Waals surface area contributed by atoms with Crippen molar-refractivity contribution in [1.29, 1.82) is 0 Å². The van der Waals surface area contributed by atoms with Gasteiger partial charge < -0.3 is 10.2 Å². The number of anilines is 1. The predicted octanol–water partition coefficient (Wildman–Crippen LogP) is 1.85. The lowest BCUT2D eigenvalue weighted by atomic mass is 10.2. The molecule has 128 valence electrons. The Kier molecular flexibility index (Phi) is 5.42. The van der Waals surface area contributed by atoms with Crippen molar-refractivity contribution >= 4 is 23.1 Å². The normalized spacial score (nSPS) is 16.8. The number of nitrogens with zero attached hydrogens (tertiary/aromatic N) is 4. The predicted molar refractivity (Wildman–Crippen MR) is 96.3 cm³/mol. The fourth-order valence-corrected chi connectivity index (χ4v) is 3.53. The van der Waals surface area contributed by atoms with Crippen molar-refractivity contribution in [2.75, 3.05) is 37.6 Å². The molecule has 1 amide bonds. The molecule has 1 aliphatic heterocycles. The third kappa shape index (κ3) is 4.30. The number of pyridine rings is 1. The van der Waals surface area contributed by atoms with Crippen LogP contribution < -0.4 is 10.2 Å². The summed E-state index contributed by atoms with van der Waals surface area (Å²) in [7, 11) is 0. The van der Waals surface area contributed by atoms with Crippen LogP contribution in [0.3, 0.4) is 0 Å². The Labute approximate surface area is 146 Å². The molecule has 1 aliphatic rings. The number of thiazole rings is 1. The maximum absolute atomic E-state index is 12.3. The molecule has 24 heavy (non-hydrogen) atoms. The van der Waals surface area contributed by atoms with Gasteiger partial charge in [0.15, 0.2) is 0 Å². The van der Waals surface area contributed by atoms with Crippen LogP contribution in [0.25, 0.3) is 0 Å². The molecular formula is C17H23N5OS. The van der Waals surface area contributed by atoms with Gasteiger partial charge in [-0.1, -0.05) is 6.07 Å². The van der Waals surface area contributed by atoms with E-state index in [1.165, 1.54) is 0 Å². The number of nitrogens with one attached hydrogen (secondary N) is 1. The van der Waals surface area contributed by atoms with Crippen molar-refractivity contribution in [3.8, 4) is 0 Å². The van der Waals surface area contributed by atoms with Crippen LogP contribution in [-0.4, -0.2) is 53.5 Å². The van der Waals surface area contributed by atoms with Crippen molar-refractivity contribution in [2.24, 2.45) is 0 Å². The van der Waals surface area contributed by atoms with Crippen LogP contribution in [0.1, 0.15) is 23.7 Å². The Morgan fingerprint density at radius 2 is 2.12 bits per heavy atom. The van der Waals surface area contributed by atoms with E-state index in [4.69, 9.17) is 0 Å². The van der Waals surface area contributed by atoms with E-state index in [0.717, 1.165) is 42.7 Å². The Morgan fingerprint density at radius 3 is 2.75 bits per heavy atom. The zero-order valence-electron chi connectivity index (χ0n) is 14.1. The number of piperazine rings is 1. The molecule has 6 nitrogen and oxygen atoms in total. The van der Waals surface area contributed by atoms with Crippen LogP contribution in [0.2, 0.25) is 0 Å². The molecule has 0 spiro atoms. The van der Waals surface area contributed by atoms with Crippen LogP contribution in [0.5, 0.6) is 0 Å². The van der Waals surface area contributed by atoms with Gasteiger partial charge in [-0.2, -0.15) is 0 Å². The summed E-state index contributed by atoms with van der Waals surface area (Å²) in [5, 5.41) is 6.07. The summed E-state index contributed by atoms with van der Waals surface area (Å²) in [5.74, 6) is 1.06. The average Bonchev–Trinajstić information content (AvgIpc) is 3.03. The molecule has 3 rings (SSSR count). The molecular weight excluding hydrogens is 322 g/mol. The van der Waals surface area contributed by atoms with Crippen molar-refractivity contribution in [3.63, 3.8) is 0 Å². The van der Waals surface area contributed by atoms with E-state index in [2.05, 4.69) is 25.1 Å². The number of hydrogen-bond donors (Lipinski definition) is 1. The third-order valence-electron chi connectivity index (χ3n) is 4.17. The van der Waals surface area contributed by atoms with Gasteiger partial charge in [-0.05, 0) is 26.0 Å². The monoisotopic (exact) mass is 345 g/mol. The van der Waals surface area contributed by atoms with Gasteiger partial charge in [-0.15, -0.1) is 11.3 Å². The lowest BCUT2D eigenvalue weighted by Crippen LogP contribution is -2.49. The standard InChI is InChI=1S/C17H23N5OS/c1-13(15-12-24-14(2)20-15)19-17(23)11-21-7-9-22(10-8-21)16-5-3-4-6-18-16/h3-6,12-13H,7-11H2,1-2H3,(H,19,23)/t13-/m1/s1. The molecule has 3 heterocycles. The molecule has 0 aromatic carbocycles. The van der Waals surface area contributed by atoms with E-state index in [1.807, 2.05) is 43.6 Å². The SMILES string of the molecule is Cc1nc([C@@H](C)NC(=O)CN2CCN(c3ccccn3)CC2)cs1. The van der Waals surface area contributed by atoms with Crippen LogP contribution in [-0.2, 0) is 4.79 Å². The summed E-state index contributed by atoms with van der Waals surface area (Å²) in [6.07, 6.45) is 1.82. The highest BCUT2D eigenvalue weighted by atomic mass is 32.1. The summed E-state index contributed by atoms with van der Waals surface area (Å²) < 4.78 is 0. The zero-order chi connectivity index (χ0) is 16.9. The lowest BCUT2D eigenvalue weighted by Gasteiger charge is -2.35. The maximum atomic E-state index is 12.3. The molecule has 1 N–H and O–H groups in total. The number of hydrogen-bond acceptors (Lipinski definition) is 6. The maximum Gasteiger partial charge on any atom is 0.234 e. The van der Waals surface area contributed by atoms with Gasteiger partial charge in [0, 0.05) is 37.8 Å². The highest BCUT2D eigenvalue weighted by molar-refractivity contribution is 7.09. The molecule has 0 bridgehead atoms. The fourth-order valence-electron chi connectivity index (χ4n) is 2.82. The van der Waals surface area contributed by atoms with E-state index in [-0.39, 0.29) is 11.9 Å². The van der Waals surface area contributed by atoms with Crippen molar-refractivity contribution in [1.82, 2.24) is 20.2 Å². The number of rotatable bonds is 5. The highest BCUT2D eigenvalue weighted by Crippen LogP contribution is 2.16. The van der Waals surface area contributed by atoms with E-state index in [1.54, 1.807) is 11.3 Å². The van der Waals surface area contributed by atoms with E-state index in [0.29, 0.717) is 6.54 Å². The quantitative estimate of drug-likeness (QED) is 0.896. The largest absolute Gasteiger partial charge is 0.354 e. The first kappa shape index (κ1) is 16.9. The molecule has 7 heteroatoms. The van der Waals surface area contributed by atoms with Crippen LogP contribution in [0, 0.1) is 6.92 Å². The first-order valence-corrected chi connectivity index (χ1v) is 9.09. The highest BCUT2D eigenvalue weighted by Gasteiger charge is 2.20. The minimum atomic E-state index is -0.0442. The molecule has 0 unspecified atom stereocenters. The molecule has 2 aromatic heterocycles. The average molecular weight is 345 g/mol.